The summed E-state index contributed by atoms with van der Waals surface area (Å²) in [7, 11) is 0. The number of hydrogen-bond acceptors (Lipinski definition) is 3. The molecule has 1 fully saturated rings. The van der Waals surface area contributed by atoms with Crippen molar-refractivity contribution < 1.29 is 8.78 Å². The third-order valence-corrected chi connectivity index (χ3v) is 2.76. The normalized spacial score (nSPS) is 15.5. The number of rotatable bonds is 3. The molecular weight excluding hydrogens is 226 g/mol. The van der Waals surface area contributed by atoms with Crippen molar-refractivity contribution in [2.45, 2.75) is 25.3 Å². The SMILES string of the molecule is FC(F)c1cc(-c2nccn2C2CC2)cnn1. The van der Waals surface area contributed by atoms with Crippen molar-refractivity contribution in [3.05, 3.63) is 30.4 Å². The van der Waals surface area contributed by atoms with Crippen LogP contribution in [0.15, 0.2) is 24.7 Å². The van der Waals surface area contributed by atoms with Crippen molar-refractivity contribution in [1.82, 2.24) is 19.7 Å². The molecule has 1 saturated carbocycles. The van der Waals surface area contributed by atoms with Crippen LogP contribution in [-0.4, -0.2) is 19.7 Å². The van der Waals surface area contributed by atoms with Crippen LogP contribution in [0.2, 0.25) is 0 Å². The van der Waals surface area contributed by atoms with Gasteiger partial charge in [0.05, 0.1) is 6.20 Å². The van der Waals surface area contributed by atoms with Gasteiger partial charge in [0, 0.05) is 24.0 Å². The van der Waals surface area contributed by atoms with Gasteiger partial charge in [0.1, 0.15) is 11.5 Å². The van der Waals surface area contributed by atoms with Gasteiger partial charge in [-0.15, -0.1) is 5.10 Å². The van der Waals surface area contributed by atoms with E-state index < -0.39 is 6.43 Å². The minimum Gasteiger partial charge on any atom is -0.328 e. The zero-order valence-corrected chi connectivity index (χ0v) is 8.92. The molecule has 0 spiro atoms. The Morgan fingerprint density at radius 2 is 2.18 bits per heavy atom. The second-order valence-corrected chi connectivity index (χ2v) is 4.06. The maximum Gasteiger partial charge on any atom is 0.282 e. The highest BCUT2D eigenvalue weighted by molar-refractivity contribution is 5.54. The van der Waals surface area contributed by atoms with Crippen LogP contribution in [0.5, 0.6) is 0 Å². The lowest BCUT2D eigenvalue weighted by molar-refractivity contribution is 0.145. The van der Waals surface area contributed by atoms with Crippen LogP contribution in [0.4, 0.5) is 8.78 Å². The molecule has 2 heterocycles. The van der Waals surface area contributed by atoms with Crippen LogP contribution in [0.25, 0.3) is 11.4 Å². The number of imidazole rings is 1. The van der Waals surface area contributed by atoms with Crippen LogP contribution in [0.1, 0.15) is 31.0 Å². The van der Waals surface area contributed by atoms with Gasteiger partial charge in [0.2, 0.25) is 0 Å². The molecule has 0 amide bonds. The van der Waals surface area contributed by atoms with Gasteiger partial charge in [-0.1, -0.05) is 0 Å². The molecule has 0 atom stereocenters. The first-order valence-electron chi connectivity index (χ1n) is 5.39. The van der Waals surface area contributed by atoms with Gasteiger partial charge in [-0.05, 0) is 18.9 Å². The summed E-state index contributed by atoms with van der Waals surface area (Å²) in [6.45, 7) is 0. The van der Waals surface area contributed by atoms with Crippen molar-refractivity contribution >= 4 is 0 Å². The lowest BCUT2D eigenvalue weighted by atomic mass is 10.2. The zero-order chi connectivity index (χ0) is 11.8. The van der Waals surface area contributed by atoms with Crippen molar-refractivity contribution in [3.8, 4) is 11.4 Å². The number of aromatic nitrogens is 4. The van der Waals surface area contributed by atoms with Crippen LogP contribution < -0.4 is 0 Å². The Labute approximate surface area is 96.3 Å². The Kier molecular flexibility index (Phi) is 2.35. The lowest BCUT2D eigenvalue weighted by Gasteiger charge is -2.06. The fourth-order valence-corrected chi connectivity index (χ4v) is 1.80. The molecule has 2 aromatic rings. The molecule has 2 aromatic heterocycles. The lowest BCUT2D eigenvalue weighted by Crippen LogP contribution is -1.99. The van der Waals surface area contributed by atoms with E-state index in [-0.39, 0.29) is 5.69 Å². The molecule has 0 unspecified atom stereocenters. The van der Waals surface area contributed by atoms with Gasteiger partial charge < -0.3 is 4.57 Å². The second kappa shape index (κ2) is 3.87. The van der Waals surface area contributed by atoms with E-state index in [0.717, 1.165) is 12.8 Å². The first-order chi connectivity index (χ1) is 8.25. The van der Waals surface area contributed by atoms with Crippen LogP contribution in [0, 0.1) is 0 Å². The van der Waals surface area contributed by atoms with Gasteiger partial charge >= 0.3 is 0 Å². The molecule has 88 valence electrons. The fourth-order valence-electron chi connectivity index (χ4n) is 1.80. The first kappa shape index (κ1) is 10.3. The van der Waals surface area contributed by atoms with E-state index in [0.29, 0.717) is 17.4 Å². The van der Waals surface area contributed by atoms with Gasteiger partial charge in [0.25, 0.3) is 6.43 Å². The number of hydrogen-bond donors (Lipinski definition) is 0. The summed E-state index contributed by atoms with van der Waals surface area (Å²) in [4.78, 5) is 4.20. The predicted molar refractivity (Wildman–Crippen MR) is 56.5 cm³/mol. The third kappa shape index (κ3) is 1.90. The standard InChI is InChI=1S/C11H10F2N4/c12-10(13)9-5-7(6-15-16-9)11-14-3-4-17(11)8-1-2-8/h3-6,8,10H,1-2H2. The Bertz CT molecular complexity index is 534. The Hall–Kier alpha value is -1.85. The third-order valence-electron chi connectivity index (χ3n) is 2.76. The summed E-state index contributed by atoms with van der Waals surface area (Å²) < 4.78 is 27.1. The second-order valence-electron chi connectivity index (χ2n) is 4.06. The molecule has 1 aliphatic rings. The number of halogens is 2. The molecule has 3 rings (SSSR count). The summed E-state index contributed by atoms with van der Waals surface area (Å²) in [5.41, 5.74) is 0.278. The van der Waals surface area contributed by atoms with E-state index in [1.807, 2.05) is 10.8 Å². The Morgan fingerprint density at radius 1 is 1.35 bits per heavy atom. The Balaban J connectivity index is 2.02. The average molecular weight is 236 g/mol. The molecule has 0 saturated heterocycles. The van der Waals surface area contributed by atoms with Gasteiger partial charge in [-0.2, -0.15) is 5.10 Å². The van der Waals surface area contributed by atoms with E-state index in [1.165, 1.54) is 12.3 Å². The quantitative estimate of drug-likeness (QED) is 0.822. The molecule has 1 aliphatic carbocycles. The van der Waals surface area contributed by atoms with Crippen LogP contribution in [-0.2, 0) is 0 Å². The molecule has 6 heteroatoms. The Morgan fingerprint density at radius 3 is 2.88 bits per heavy atom. The highest BCUT2D eigenvalue weighted by Crippen LogP contribution is 2.37. The zero-order valence-electron chi connectivity index (χ0n) is 8.92. The molecule has 17 heavy (non-hydrogen) atoms. The highest BCUT2D eigenvalue weighted by Gasteiger charge is 2.26. The minimum absolute atomic E-state index is 0.312. The van der Waals surface area contributed by atoms with E-state index in [9.17, 15) is 8.78 Å². The van der Waals surface area contributed by atoms with Crippen molar-refractivity contribution in [3.63, 3.8) is 0 Å². The smallest absolute Gasteiger partial charge is 0.282 e. The summed E-state index contributed by atoms with van der Waals surface area (Å²) in [5.74, 6) is 0.685. The number of nitrogens with zero attached hydrogens (tertiary/aromatic N) is 4. The van der Waals surface area contributed by atoms with Crippen molar-refractivity contribution in [2.75, 3.05) is 0 Å². The molecule has 0 aromatic carbocycles. The molecule has 0 N–H and O–H groups in total. The van der Waals surface area contributed by atoms with Crippen LogP contribution >= 0.6 is 0 Å². The molecule has 0 radical (unpaired) electrons. The fraction of sp³-hybridized carbons (Fsp3) is 0.364. The van der Waals surface area contributed by atoms with Crippen molar-refractivity contribution in [2.24, 2.45) is 0 Å². The first-order valence-corrected chi connectivity index (χ1v) is 5.39. The maximum absolute atomic E-state index is 12.5. The topological polar surface area (TPSA) is 43.6 Å². The monoisotopic (exact) mass is 236 g/mol. The maximum atomic E-state index is 12.5. The van der Waals surface area contributed by atoms with Gasteiger partial charge in [0.15, 0.2) is 0 Å². The van der Waals surface area contributed by atoms with E-state index in [4.69, 9.17) is 0 Å². The summed E-state index contributed by atoms with van der Waals surface area (Å²) in [5, 5.41) is 7.00. The van der Waals surface area contributed by atoms with Gasteiger partial charge in [-0.25, -0.2) is 13.8 Å². The largest absolute Gasteiger partial charge is 0.328 e. The minimum atomic E-state index is -2.60. The van der Waals surface area contributed by atoms with Crippen molar-refractivity contribution in [1.29, 1.82) is 0 Å². The molecule has 0 aliphatic heterocycles. The average Bonchev–Trinajstić information content (AvgIpc) is 3.07. The summed E-state index contributed by atoms with van der Waals surface area (Å²) >= 11 is 0. The summed E-state index contributed by atoms with van der Waals surface area (Å²) in [6.07, 6.45) is 4.64. The van der Waals surface area contributed by atoms with E-state index in [2.05, 4.69) is 15.2 Å². The van der Waals surface area contributed by atoms with E-state index in [1.54, 1.807) is 6.20 Å². The summed E-state index contributed by atoms with van der Waals surface area (Å²) in [6, 6.07) is 1.80. The highest BCUT2D eigenvalue weighted by atomic mass is 19.3. The van der Waals surface area contributed by atoms with E-state index >= 15 is 0 Å². The predicted octanol–water partition coefficient (Wildman–Crippen LogP) is 2.61. The molecule has 0 bridgehead atoms. The number of alkyl halides is 2. The van der Waals surface area contributed by atoms with Crippen LogP contribution in [0.3, 0.4) is 0 Å². The molecular formula is C11H10F2N4. The van der Waals surface area contributed by atoms with Gasteiger partial charge in [-0.3, -0.25) is 0 Å². The molecule has 4 nitrogen and oxygen atoms in total.